The molecule has 1 aliphatic rings. The monoisotopic (exact) mass is 246 g/mol. The number of β-amino-alcohol motifs (C(OH)–C–C–N with tert-alkyl or cyclic N) is 1. The molecule has 0 saturated carbocycles. The van der Waals surface area contributed by atoms with Crippen molar-refractivity contribution in [2.24, 2.45) is 0 Å². The highest BCUT2D eigenvalue weighted by atomic mass is 16.3. The van der Waals surface area contributed by atoms with E-state index in [1.165, 1.54) is 0 Å². The fraction of sp³-hybridized carbons (Fsp3) is 0.538. The molecule has 2 heterocycles. The molecule has 1 aliphatic heterocycles. The molecule has 0 aliphatic carbocycles. The Morgan fingerprint density at radius 2 is 2.00 bits per heavy atom. The van der Waals surface area contributed by atoms with E-state index in [9.17, 15) is 0 Å². The number of nitrogens with zero attached hydrogens (tertiary/aromatic N) is 4. The van der Waals surface area contributed by atoms with Crippen LogP contribution >= 0.6 is 0 Å². The average molecular weight is 246 g/mol. The lowest BCUT2D eigenvalue weighted by Crippen LogP contribution is -2.46. The highest BCUT2D eigenvalue weighted by molar-refractivity contribution is 5.25. The molecular weight excluding hydrogens is 228 g/mol. The molecule has 0 amide bonds. The second-order valence-electron chi connectivity index (χ2n) is 4.50. The van der Waals surface area contributed by atoms with Crippen LogP contribution in [0.5, 0.6) is 0 Å². The summed E-state index contributed by atoms with van der Waals surface area (Å²) in [4.78, 5) is 8.60. The molecule has 0 unspecified atom stereocenters. The molecule has 5 heteroatoms. The minimum atomic E-state index is 0.232. The van der Waals surface area contributed by atoms with Crippen LogP contribution in [0, 0.1) is 11.3 Å². The van der Waals surface area contributed by atoms with Crippen molar-refractivity contribution in [3.63, 3.8) is 0 Å². The normalized spacial score (nSPS) is 17.6. The SMILES string of the molecule is N#Cc1cc(CN2CCN(CCO)CC2)ccn1. The predicted molar refractivity (Wildman–Crippen MR) is 67.8 cm³/mol. The number of pyridine rings is 1. The number of aliphatic hydroxyl groups excluding tert-OH is 1. The lowest BCUT2D eigenvalue weighted by Gasteiger charge is -2.34. The predicted octanol–water partition coefficient (Wildman–Crippen LogP) is 0.0632. The summed E-state index contributed by atoms with van der Waals surface area (Å²) in [6.45, 7) is 5.86. The standard InChI is InChI=1S/C13H18N4O/c14-10-13-9-12(1-2-15-13)11-17-5-3-16(4-6-17)7-8-18/h1-2,9,18H,3-8,11H2. The molecular formula is C13H18N4O. The first-order chi connectivity index (χ1) is 8.81. The molecule has 0 spiro atoms. The van der Waals surface area contributed by atoms with E-state index in [1.54, 1.807) is 6.20 Å². The zero-order valence-electron chi connectivity index (χ0n) is 10.4. The molecule has 0 bridgehead atoms. The van der Waals surface area contributed by atoms with Crippen molar-refractivity contribution < 1.29 is 5.11 Å². The molecule has 1 aromatic heterocycles. The first-order valence-corrected chi connectivity index (χ1v) is 6.22. The molecule has 5 nitrogen and oxygen atoms in total. The van der Waals surface area contributed by atoms with Crippen LogP contribution < -0.4 is 0 Å². The third-order valence-corrected chi connectivity index (χ3v) is 3.23. The van der Waals surface area contributed by atoms with E-state index in [2.05, 4.69) is 20.9 Å². The highest BCUT2D eigenvalue weighted by Gasteiger charge is 2.16. The van der Waals surface area contributed by atoms with Gasteiger partial charge < -0.3 is 5.11 Å². The minimum Gasteiger partial charge on any atom is -0.395 e. The third kappa shape index (κ3) is 3.50. The van der Waals surface area contributed by atoms with Crippen LogP contribution in [0.4, 0.5) is 0 Å². The topological polar surface area (TPSA) is 63.4 Å². The maximum atomic E-state index is 8.88. The van der Waals surface area contributed by atoms with E-state index < -0.39 is 0 Å². The molecule has 1 aromatic rings. The Hall–Kier alpha value is -1.48. The maximum absolute atomic E-state index is 8.88. The molecule has 0 radical (unpaired) electrons. The van der Waals surface area contributed by atoms with E-state index >= 15 is 0 Å². The quantitative estimate of drug-likeness (QED) is 0.814. The number of nitriles is 1. The fourth-order valence-electron chi connectivity index (χ4n) is 2.20. The summed E-state index contributed by atoms with van der Waals surface area (Å²) >= 11 is 0. The summed E-state index contributed by atoms with van der Waals surface area (Å²) in [5.41, 5.74) is 1.61. The summed E-state index contributed by atoms with van der Waals surface area (Å²) in [6.07, 6.45) is 1.69. The summed E-state index contributed by atoms with van der Waals surface area (Å²) in [5.74, 6) is 0. The van der Waals surface area contributed by atoms with Gasteiger partial charge in [-0.2, -0.15) is 5.26 Å². The van der Waals surface area contributed by atoms with Gasteiger partial charge in [-0.1, -0.05) is 0 Å². The van der Waals surface area contributed by atoms with Crippen molar-refractivity contribution in [2.45, 2.75) is 6.54 Å². The van der Waals surface area contributed by atoms with Crippen molar-refractivity contribution in [2.75, 3.05) is 39.3 Å². The second-order valence-corrected chi connectivity index (χ2v) is 4.50. The number of aliphatic hydroxyl groups is 1. The Labute approximate surface area is 107 Å². The maximum Gasteiger partial charge on any atom is 0.140 e. The van der Waals surface area contributed by atoms with Gasteiger partial charge in [0, 0.05) is 45.5 Å². The number of rotatable bonds is 4. The Morgan fingerprint density at radius 3 is 2.67 bits per heavy atom. The molecule has 1 N–H and O–H groups in total. The summed E-state index contributed by atoms with van der Waals surface area (Å²) in [7, 11) is 0. The van der Waals surface area contributed by atoms with Gasteiger partial charge in [-0.3, -0.25) is 9.80 Å². The van der Waals surface area contributed by atoms with Gasteiger partial charge in [-0.15, -0.1) is 0 Å². The van der Waals surface area contributed by atoms with Crippen molar-refractivity contribution in [1.29, 1.82) is 5.26 Å². The first-order valence-electron chi connectivity index (χ1n) is 6.22. The average Bonchev–Trinajstić information content (AvgIpc) is 2.42. The van der Waals surface area contributed by atoms with Gasteiger partial charge in [0.2, 0.25) is 0 Å². The summed E-state index contributed by atoms with van der Waals surface area (Å²) in [5, 5.41) is 17.7. The second kappa shape index (κ2) is 6.45. The molecule has 0 atom stereocenters. The van der Waals surface area contributed by atoms with Crippen LogP contribution in [-0.2, 0) is 6.54 Å². The van der Waals surface area contributed by atoms with Crippen LogP contribution in [0.1, 0.15) is 11.3 Å². The van der Waals surface area contributed by atoms with Gasteiger partial charge in [-0.05, 0) is 17.7 Å². The smallest absolute Gasteiger partial charge is 0.140 e. The third-order valence-electron chi connectivity index (χ3n) is 3.23. The van der Waals surface area contributed by atoms with Gasteiger partial charge in [0.05, 0.1) is 6.61 Å². The molecule has 0 aromatic carbocycles. The van der Waals surface area contributed by atoms with Crippen LogP contribution in [0.25, 0.3) is 0 Å². The number of hydrogen-bond donors (Lipinski definition) is 1. The molecule has 18 heavy (non-hydrogen) atoms. The summed E-state index contributed by atoms with van der Waals surface area (Å²) < 4.78 is 0. The van der Waals surface area contributed by atoms with E-state index in [0.29, 0.717) is 5.69 Å². The van der Waals surface area contributed by atoms with Gasteiger partial charge in [0.25, 0.3) is 0 Å². The lowest BCUT2D eigenvalue weighted by atomic mass is 10.2. The fourth-order valence-corrected chi connectivity index (χ4v) is 2.20. The van der Waals surface area contributed by atoms with Gasteiger partial charge in [0.1, 0.15) is 11.8 Å². The van der Waals surface area contributed by atoms with Crippen LogP contribution in [0.3, 0.4) is 0 Å². The van der Waals surface area contributed by atoms with E-state index in [1.807, 2.05) is 12.1 Å². The van der Waals surface area contributed by atoms with Crippen molar-refractivity contribution in [3.8, 4) is 6.07 Å². The zero-order chi connectivity index (χ0) is 12.8. The van der Waals surface area contributed by atoms with Crippen molar-refractivity contribution >= 4 is 0 Å². The Bertz CT molecular complexity index is 421. The first kappa shape index (κ1) is 13.0. The lowest BCUT2D eigenvalue weighted by molar-refractivity contribution is 0.108. The number of hydrogen-bond acceptors (Lipinski definition) is 5. The molecule has 2 rings (SSSR count). The Morgan fingerprint density at radius 1 is 1.28 bits per heavy atom. The van der Waals surface area contributed by atoms with Crippen LogP contribution in [0.2, 0.25) is 0 Å². The zero-order valence-corrected chi connectivity index (χ0v) is 10.4. The number of piperazine rings is 1. The minimum absolute atomic E-state index is 0.232. The van der Waals surface area contributed by atoms with Crippen LogP contribution in [-0.4, -0.2) is 59.2 Å². The van der Waals surface area contributed by atoms with E-state index in [4.69, 9.17) is 10.4 Å². The Kier molecular flexibility index (Phi) is 4.65. The van der Waals surface area contributed by atoms with Gasteiger partial charge in [-0.25, -0.2) is 4.98 Å². The van der Waals surface area contributed by atoms with Crippen molar-refractivity contribution in [3.05, 3.63) is 29.6 Å². The Balaban J connectivity index is 1.86. The van der Waals surface area contributed by atoms with E-state index in [-0.39, 0.29) is 6.61 Å². The van der Waals surface area contributed by atoms with Gasteiger partial charge in [0.15, 0.2) is 0 Å². The van der Waals surface area contributed by atoms with Crippen molar-refractivity contribution in [1.82, 2.24) is 14.8 Å². The molecule has 1 fully saturated rings. The number of aromatic nitrogens is 1. The molecule has 96 valence electrons. The highest BCUT2D eigenvalue weighted by Crippen LogP contribution is 2.08. The van der Waals surface area contributed by atoms with Crippen LogP contribution in [0.15, 0.2) is 18.3 Å². The van der Waals surface area contributed by atoms with E-state index in [0.717, 1.165) is 44.8 Å². The van der Waals surface area contributed by atoms with Gasteiger partial charge >= 0.3 is 0 Å². The summed E-state index contributed by atoms with van der Waals surface area (Å²) in [6, 6.07) is 5.87. The largest absolute Gasteiger partial charge is 0.395 e. The molecule has 1 saturated heterocycles.